The first kappa shape index (κ1) is 12.0. The van der Waals surface area contributed by atoms with Crippen LogP contribution in [0, 0.1) is 0 Å². The fourth-order valence-corrected chi connectivity index (χ4v) is 2.88. The summed E-state index contributed by atoms with van der Waals surface area (Å²) in [5, 5.41) is 0.828. The fraction of sp³-hybridized carbons (Fsp3) is 0.333. The SMILES string of the molecule is COC(=O)c1c2n(c3ccc(C(C)=O)cc13)CCC2. The number of carbonyl (C=O) groups is 2. The van der Waals surface area contributed by atoms with Gasteiger partial charge in [0.15, 0.2) is 5.78 Å². The molecule has 3 rings (SSSR count). The van der Waals surface area contributed by atoms with Gasteiger partial charge in [0.05, 0.1) is 12.7 Å². The van der Waals surface area contributed by atoms with Gasteiger partial charge in [0, 0.05) is 28.7 Å². The second kappa shape index (κ2) is 4.23. The van der Waals surface area contributed by atoms with Crippen LogP contribution in [0.25, 0.3) is 10.9 Å². The maximum Gasteiger partial charge on any atom is 0.340 e. The second-order valence-electron chi connectivity index (χ2n) is 4.86. The number of ketones is 1. The number of hydrogen-bond donors (Lipinski definition) is 0. The van der Waals surface area contributed by atoms with Gasteiger partial charge in [-0.05, 0) is 38.0 Å². The van der Waals surface area contributed by atoms with Crippen LogP contribution in [0.5, 0.6) is 0 Å². The van der Waals surface area contributed by atoms with Crippen molar-refractivity contribution in [3.63, 3.8) is 0 Å². The van der Waals surface area contributed by atoms with Crippen molar-refractivity contribution in [1.82, 2.24) is 4.57 Å². The maximum absolute atomic E-state index is 12.0. The van der Waals surface area contributed by atoms with Gasteiger partial charge in [-0.2, -0.15) is 0 Å². The normalized spacial score (nSPS) is 13.6. The third-order valence-electron chi connectivity index (χ3n) is 3.76. The van der Waals surface area contributed by atoms with Gasteiger partial charge in [0.2, 0.25) is 0 Å². The number of benzene rings is 1. The Labute approximate surface area is 111 Å². The highest BCUT2D eigenvalue weighted by Gasteiger charge is 2.26. The first-order chi connectivity index (χ1) is 9.13. The third-order valence-corrected chi connectivity index (χ3v) is 3.76. The number of rotatable bonds is 2. The van der Waals surface area contributed by atoms with E-state index in [1.54, 1.807) is 6.07 Å². The van der Waals surface area contributed by atoms with Gasteiger partial charge in [-0.1, -0.05) is 0 Å². The number of ether oxygens (including phenoxy) is 1. The predicted molar refractivity (Wildman–Crippen MR) is 71.6 cm³/mol. The number of nitrogens with zero attached hydrogens (tertiary/aromatic N) is 1. The van der Waals surface area contributed by atoms with Gasteiger partial charge in [-0.15, -0.1) is 0 Å². The molecule has 0 spiro atoms. The van der Waals surface area contributed by atoms with E-state index >= 15 is 0 Å². The largest absolute Gasteiger partial charge is 0.465 e. The number of carbonyl (C=O) groups excluding carboxylic acids is 2. The van der Waals surface area contributed by atoms with Crippen molar-refractivity contribution < 1.29 is 14.3 Å². The average Bonchev–Trinajstić information content (AvgIpc) is 2.96. The minimum atomic E-state index is -0.318. The van der Waals surface area contributed by atoms with Crippen LogP contribution in [0.1, 0.15) is 39.8 Å². The van der Waals surface area contributed by atoms with Gasteiger partial charge in [-0.3, -0.25) is 4.79 Å². The van der Waals surface area contributed by atoms with Crippen molar-refractivity contribution in [3.8, 4) is 0 Å². The zero-order valence-electron chi connectivity index (χ0n) is 11.0. The molecule has 1 aromatic carbocycles. The topological polar surface area (TPSA) is 48.3 Å². The minimum absolute atomic E-state index is 0.00377. The first-order valence-corrected chi connectivity index (χ1v) is 6.38. The molecule has 1 aliphatic heterocycles. The molecular formula is C15H15NO3. The van der Waals surface area contributed by atoms with Crippen molar-refractivity contribution in [3.05, 3.63) is 35.0 Å². The van der Waals surface area contributed by atoms with Crippen LogP contribution in [0.4, 0.5) is 0 Å². The molecule has 19 heavy (non-hydrogen) atoms. The molecule has 0 saturated heterocycles. The molecule has 0 fully saturated rings. The Hall–Kier alpha value is -2.10. The lowest BCUT2D eigenvalue weighted by Gasteiger charge is -2.01. The predicted octanol–water partition coefficient (Wildman–Crippen LogP) is 2.58. The van der Waals surface area contributed by atoms with Crippen LogP contribution in [-0.4, -0.2) is 23.4 Å². The fourth-order valence-electron chi connectivity index (χ4n) is 2.88. The summed E-state index contributed by atoms with van der Waals surface area (Å²) in [6.07, 6.45) is 1.93. The lowest BCUT2D eigenvalue weighted by atomic mass is 10.0. The Morgan fingerprint density at radius 2 is 2.11 bits per heavy atom. The van der Waals surface area contributed by atoms with Crippen LogP contribution in [0.3, 0.4) is 0 Å². The summed E-state index contributed by atoms with van der Waals surface area (Å²) >= 11 is 0. The van der Waals surface area contributed by atoms with Crippen LogP contribution in [-0.2, 0) is 17.7 Å². The highest BCUT2D eigenvalue weighted by atomic mass is 16.5. The third kappa shape index (κ3) is 1.67. The van der Waals surface area contributed by atoms with Crippen LogP contribution in [0.15, 0.2) is 18.2 Å². The quantitative estimate of drug-likeness (QED) is 0.613. The molecule has 0 amide bonds. The van der Waals surface area contributed by atoms with Gasteiger partial charge in [0.1, 0.15) is 0 Å². The van der Waals surface area contributed by atoms with E-state index in [1.165, 1.54) is 14.0 Å². The van der Waals surface area contributed by atoms with Gasteiger partial charge in [-0.25, -0.2) is 4.79 Å². The minimum Gasteiger partial charge on any atom is -0.465 e. The molecule has 0 N–H and O–H groups in total. The molecule has 1 aromatic heterocycles. The van der Waals surface area contributed by atoms with Crippen molar-refractivity contribution in [2.24, 2.45) is 0 Å². The molecule has 0 atom stereocenters. The molecule has 0 bridgehead atoms. The Bertz CT molecular complexity index is 697. The summed E-state index contributed by atoms with van der Waals surface area (Å²) in [5.74, 6) is -0.314. The Morgan fingerprint density at radius 3 is 2.79 bits per heavy atom. The summed E-state index contributed by atoms with van der Waals surface area (Å²) in [6.45, 7) is 2.45. The van der Waals surface area contributed by atoms with Crippen LogP contribution >= 0.6 is 0 Å². The molecule has 2 heterocycles. The number of hydrogen-bond acceptors (Lipinski definition) is 3. The molecule has 0 aliphatic carbocycles. The molecule has 98 valence electrons. The molecule has 1 aliphatic rings. The summed E-state index contributed by atoms with van der Waals surface area (Å²) in [5.41, 5.74) is 3.29. The number of Topliss-reactive ketones (excluding diaryl/α,β-unsaturated/α-hetero) is 1. The summed E-state index contributed by atoms with van der Waals surface area (Å²) in [4.78, 5) is 23.5. The zero-order chi connectivity index (χ0) is 13.6. The Kier molecular flexibility index (Phi) is 2.66. The van der Waals surface area contributed by atoms with Gasteiger partial charge in [0.25, 0.3) is 0 Å². The van der Waals surface area contributed by atoms with Crippen LogP contribution in [0.2, 0.25) is 0 Å². The molecule has 2 aromatic rings. The van der Waals surface area contributed by atoms with Crippen molar-refractivity contribution in [2.75, 3.05) is 7.11 Å². The first-order valence-electron chi connectivity index (χ1n) is 6.38. The Morgan fingerprint density at radius 1 is 1.32 bits per heavy atom. The number of aryl methyl sites for hydroxylation is 1. The molecular weight excluding hydrogens is 242 g/mol. The zero-order valence-corrected chi connectivity index (χ0v) is 11.0. The van der Waals surface area contributed by atoms with Crippen molar-refractivity contribution in [2.45, 2.75) is 26.3 Å². The van der Waals surface area contributed by atoms with E-state index in [2.05, 4.69) is 4.57 Å². The van der Waals surface area contributed by atoms with Crippen molar-refractivity contribution in [1.29, 1.82) is 0 Å². The number of esters is 1. The van der Waals surface area contributed by atoms with E-state index in [-0.39, 0.29) is 11.8 Å². The second-order valence-corrected chi connectivity index (χ2v) is 4.86. The average molecular weight is 257 g/mol. The molecule has 0 saturated carbocycles. The van der Waals surface area contributed by atoms with Crippen LogP contribution < -0.4 is 0 Å². The molecule has 4 nitrogen and oxygen atoms in total. The number of methoxy groups -OCH3 is 1. The summed E-state index contributed by atoms with van der Waals surface area (Å²) in [7, 11) is 1.39. The standard InChI is InChI=1S/C15H15NO3/c1-9(17)10-5-6-12-11(8-10)14(15(18)19-2)13-4-3-7-16(12)13/h5-6,8H,3-4,7H2,1-2H3. The summed E-state index contributed by atoms with van der Waals surface area (Å²) in [6, 6.07) is 5.54. The molecule has 0 unspecified atom stereocenters. The Balaban J connectivity index is 2.34. The van der Waals surface area contributed by atoms with Gasteiger partial charge >= 0.3 is 5.97 Å². The summed E-state index contributed by atoms with van der Waals surface area (Å²) < 4.78 is 7.05. The van der Waals surface area contributed by atoms with E-state index < -0.39 is 0 Å². The highest BCUT2D eigenvalue weighted by molar-refractivity contribution is 6.08. The van der Waals surface area contributed by atoms with Gasteiger partial charge < -0.3 is 9.30 Å². The molecule has 4 heteroatoms. The smallest absolute Gasteiger partial charge is 0.340 e. The number of aromatic nitrogens is 1. The van der Waals surface area contributed by atoms with E-state index in [9.17, 15) is 9.59 Å². The lowest BCUT2D eigenvalue weighted by Crippen LogP contribution is -2.04. The van der Waals surface area contributed by atoms with E-state index in [0.717, 1.165) is 36.0 Å². The number of fused-ring (bicyclic) bond motifs is 3. The molecule has 0 radical (unpaired) electrons. The highest BCUT2D eigenvalue weighted by Crippen LogP contribution is 2.32. The van der Waals surface area contributed by atoms with E-state index in [4.69, 9.17) is 4.74 Å². The van der Waals surface area contributed by atoms with E-state index in [0.29, 0.717) is 11.1 Å². The lowest BCUT2D eigenvalue weighted by molar-refractivity contribution is 0.0601. The maximum atomic E-state index is 12.0. The monoisotopic (exact) mass is 257 g/mol. The van der Waals surface area contributed by atoms with Crippen molar-refractivity contribution >= 4 is 22.7 Å². The van der Waals surface area contributed by atoms with E-state index in [1.807, 2.05) is 12.1 Å².